The SMILES string of the molecule is Cl.O=C(NCC1CCCN(S(=O)(=O)c2ccc(F)cc2)C1)C1CCCN1. The van der Waals surface area contributed by atoms with E-state index in [0.29, 0.717) is 19.6 Å². The molecule has 3 rings (SSSR count). The maximum absolute atomic E-state index is 13.0. The van der Waals surface area contributed by atoms with Gasteiger partial charge in [-0.2, -0.15) is 4.31 Å². The summed E-state index contributed by atoms with van der Waals surface area (Å²) in [6.45, 7) is 2.17. The van der Waals surface area contributed by atoms with E-state index in [1.807, 2.05) is 0 Å². The fraction of sp³-hybridized carbons (Fsp3) is 0.588. The Morgan fingerprint density at radius 3 is 2.62 bits per heavy atom. The Labute approximate surface area is 160 Å². The second kappa shape index (κ2) is 9.12. The third-order valence-corrected chi connectivity index (χ3v) is 6.75. The van der Waals surface area contributed by atoms with Crippen LogP contribution in [0.15, 0.2) is 29.2 Å². The smallest absolute Gasteiger partial charge is 0.243 e. The second-order valence-corrected chi connectivity index (χ2v) is 8.66. The molecule has 2 unspecified atom stereocenters. The molecule has 1 amide bonds. The average molecular weight is 406 g/mol. The van der Waals surface area contributed by atoms with Crippen molar-refractivity contribution in [3.05, 3.63) is 30.1 Å². The largest absolute Gasteiger partial charge is 0.354 e. The van der Waals surface area contributed by atoms with Gasteiger partial charge in [-0.1, -0.05) is 0 Å². The topological polar surface area (TPSA) is 78.5 Å². The summed E-state index contributed by atoms with van der Waals surface area (Å²) in [4.78, 5) is 12.2. The molecular weight excluding hydrogens is 381 g/mol. The van der Waals surface area contributed by atoms with E-state index in [2.05, 4.69) is 10.6 Å². The van der Waals surface area contributed by atoms with Gasteiger partial charge in [0.1, 0.15) is 5.82 Å². The number of hydrogen-bond donors (Lipinski definition) is 2. The van der Waals surface area contributed by atoms with Crippen LogP contribution in [0, 0.1) is 11.7 Å². The minimum Gasteiger partial charge on any atom is -0.354 e. The van der Waals surface area contributed by atoms with Crippen LogP contribution in [0.2, 0.25) is 0 Å². The van der Waals surface area contributed by atoms with Crippen LogP contribution in [-0.2, 0) is 14.8 Å². The first-order valence-corrected chi connectivity index (χ1v) is 10.2. The van der Waals surface area contributed by atoms with Crippen LogP contribution in [0.5, 0.6) is 0 Å². The van der Waals surface area contributed by atoms with Crippen molar-refractivity contribution in [1.82, 2.24) is 14.9 Å². The van der Waals surface area contributed by atoms with Crippen LogP contribution in [0.4, 0.5) is 4.39 Å². The highest BCUT2D eigenvalue weighted by atomic mass is 35.5. The van der Waals surface area contributed by atoms with Gasteiger partial charge in [-0.3, -0.25) is 4.79 Å². The van der Waals surface area contributed by atoms with Gasteiger partial charge in [-0.15, -0.1) is 12.4 Å². The highest BCUT2D eigenvalue weighted by molar-refractivity contribution is 7.89. The number of benzene rings is 1. The van der Waals surface area contributed by atoms with E-state index in [0.717, 1.165) is 44.4 Å². The highest BCUT2D eigenvalue weighted by Gasteiger charge is 2.31. The minimum atomic E-state index is -3.62. The number of rotatable bonds is 5. The number of nitrogens with zero attached hydrogens (tertiary/aromatic N) is 1. The van der Waals surface area contributed by atoms with E-state index >= 15 is 0 Å². The Morgan fingerprint density at radius 2 is 1.96 bits per heavy atom. The molecule has 2 heterocycles. The van der Waals surface area contributed by atoms with Gasteiger partial charge in [0, 0.05) is 19.6 Å². The summed E-state index contributed by atoms with van der Waals surface area (Å²) < 4.78 is 39.9. The van der Waals surface area contributed by atoms with Gasteiger partial charge in [0.2, 0.25) is 15.9 Å². The zero-order valence-corrected chi connectivity index (χ0v) is 16.1. The monoisotopic (exact) mass is 405 g/mol. The highest BCUT2D eigenvalue weighted by Crippen LogP contribution is 2.23. The molecule has 0 spiro atoms. The molecule has 1 aromatic rings. The number of carbonyl (C=O) groups excluding carboxylic acids is 1. The first-order chi connectivity index (χ1) is 12.0. The molecule has 2 saturated heterocycles. The van der Waals surface area contributed by atoms with Gasteiger partial charge in [0.05, 0.1) is 10.9 Å². The number of piperidine rings is 1. The molecule has 0 aromatic heterocycles. The Bertz CT molecular complexity index is 708. The predicted octanol–water partition coefficient (Wildman–Crippen LogP) is 1.52. The van der Waals surface area contributed by atoms with E-state index in [1.54, 1.807) is 0 Å². The third-order valence-electron chi connectivity index (χ3n) is 4.87. The van der Waals surface area contributed by atoms with Gasteiger partial charge in [0.25, 0.3) is 0 Å². The summed E-state index contributed by atoms with van der Waals surface area (Å²) in [5.74, 6) is -0.371. The molecule has 0 radical (unpaired) electrons. The molecule has 2 fully saturated rings. The normalized spacial score (nSPS) is 24.0. The third kappa shape index (κ3) is 4.94. The van der Waals surface area contributed by atoms with E-state index in [1.165, 1.54) is 16.4 Å². The maximum Gasteiger partial charge on any atom is 0.243 e. The first kappa shape index (κ1) is 21.1. The number of nitrogens with one attached hydrogen (secondary N) is 2. The predicted molar refractivity (Wildman–Crippen MR) is 99.2 cm³/mol. The number of amides is 1. The van der Waals surface area contributed by atoms with Crippen molar-refractivity contribution in [2.45, 2.75) is 36.6 Å². The lowest BCUT2D eigenvalue weighted by Crippen LogP contribution is -2.46. The zero-order valence-electron chi connectivity index (χ0n) is 14.5. The van der Waals surface area contributed by atoms with E-state index < -0.39 is 15.8 Å². The molecule has 2 aliphatic rings. The quantitative estimate of drug-likeness (QED) is 0.778. The molecule has 0 aliphatic carbocycles. The molecule has 6 nitrogen and oxygen atoms in total. The van der Waals surface area contributed by atoms with Crippen molar-refractivity contribution in [2.75, 3.05) is 26.2 Å². The lowest BCUT2D eigenvalue weighted by molar-refractivity contribution is -0.123. The van der Waals surface area contributed by atoms with Crippen LogP contribution in [0.25, 0.3) is 0 Å². The molecule has 0 saturated carbocycles. The van der Waals surface area contributed by atoms with Crippen LogP contribution in [0.1, 0.15) is 25.7 Å². The van der Waals surface area contributed by atoms with Crippen LogP contribution in [0.3, 0.4) is 0 Å². The Hall–Kier alpha value is -1.22. The van der Waals surface area contributed by atoms with E-state index in [9.17, 15) is 17.6 Å². The summed E-state index contributed by atoms with van der Waals surface area (Å²) in [6.07, 6.45) is 3.49. The van der Waals surface area contributed by atoms with Crippen LogP contribution in [-0.4, -0.2) is 50.9 Å². The first-order valence-electron chi connectivity index (χ1n) is 8.73. The van der Waals surface area contributed by atoms with Crippen molar-refractivity contribution in [1.29, 1.82) is 0 Å². The minimum absolute atomic E-state index is 0. The Balaban J connectivity index is 0.00000243. The van der Waals surface area contributed by atoms with Crippen LogP contribution >= 0.6 is 12.4 Å². The fourth-order valence-electron chi connectivity index (χ4n) is 3.44. The molecule has 146 valence electrons. The van der Waals surface area contributed by atoms with Crippen LogP contribution < -0.4 is 10.6 Å². The van der Waals surface area contributed by atoms with Gasteiger partial charge in [-0.05, 0) is 62.4 Å². The van der Waals surface area contributed by atoms with Crippen molar-refractivity contribution in [3.8, 4) is 0 Å². The molecule has 2 aliphatic heterocycles. The molecule has 2 atom stereocenters. The molecule has 9 heteroatoms. The lowest BCUT2D eigenvalue weighted by Gasteiger charge is -2.32. The average Bonchev–Trinajstić information content (AvgIpc) is 3.15. The Morgan fingerprint density at radius 1 is 1.23 bits per heavy atom. The second-order valence-electron chi connectivity index (χ2n) is 6.72. The van der Waals surface area contributed by atoms with Gasteiger partial charge >= 0.3 is 0 Å². The van der Waals surface area contributed by atoms with E-state index in [4.69, 9.17) is 0 Å². The summed E-state index contributed by atoms with van der Waals surface area (Å²) in [6, 6.07) is 4.78. The van der Waals surface area contributed by atoms with Crippen molar-refractivity contribution in [3.63, 3.8) is 0 Å². The number of hydrogen-bond acceptors (Lipinski definition) is 4. The summed E-state index contributed by atoms with van der Waals surface area (Å²) in [5.41, 5.74) is 0. The standard InChI is InChI=1S/C17H24FN3O3S.ClH/c18-14-5-7-15(8-6-14)25(23,24)21-10-2-3-13(12-21)11-20-17(22)16-4-1-9-19-16;/h5-8,13,16,19H,1-4,9-12H2,(H,20,22);1H. The van der Waals surface area contributed by atoms with Gasteiger partial charge < -0.3 is 10.6 Å². The van der Waals surface area contributed by atoms with E-state index in [-0.39, 0.29) is 35.2 Å². The number of sulfonamides is 1. The molecule has 2 N–H and O–H groups in total. The Kier molecular flexibility index (Phi) is 7.40. The molecule has 1 aromatic carbocycles. The molecular formula is C17H25ClFN3O3S. The summed E-state index contributed by atoms with van der Waals surface area (Å²) in [7, 11) is -3.62. The zero-order chi connectivity index (χ0) is 17.9. The summed E-state index contributed by atoms with van der Waals surface area (Å²) in [5, 5.41) is 6.10. The lowest BCUT2D eigenvalue weighted by atomic mass is 9.99. The van der Waals surface area contributed by atoms with Crippen molar-refractivity contribution < 1.29 is 17.6 Å². The van der Waals surface area contributed by atoms with Gasteiger partial charge in [-0.25, -0.2) is 12.8 Å². The van der Waals surface area contributed by atoms with Gasteiger partial charge in [0.15, 0.2) is 0 Å². The van der Waals surface area contributed by atoms with Crippen molar-refractivity contribution in [2.24, 2.45) is 5.92 Å². The number of halogens is 2. The summed E-state index contributed by atoms with van der Waals surface area (Å²) >= 11 is 0. The molecule has 0 bridgehead atoms. The number of carbonyl (C=O) groups is 1. The molecule has 26 heavy (non-hydrogen) atoms. The maximum atomic E-state index is 13.0. The fourth-order valence-corrected chi connectivity index (χ4v) is 5.00. The van der Waals surface area contributed by atoms with Crippen molar-refractivity contribution >= 4 is 28.3 Å².